The Hall–Kier alpha value is -2.58. The van der Waals surface area contributed by atoms with Crippen molar-refractivity contribution in [1.29, 1.82) is 0 Å². The monoisotopic (exact) mass is 518 g/mol. The molecule has 34 heavy (non-hydrogen) atoms. The summed E-state index contributed by atoms with van der Waals surface area (Å²) in [5.41, 5.74) is 5.38. The van der Waals surface area contributed by atoms with Crippen molar-refractivity contribution >= 4 is 53.3 Å². The fourth-order valence-electron chi connectivity index (χ4n) is 3.16. The molecule has 0 spiro atoms. The minimum absolute atomic E-state index is 1.05. The van der Waals surface area contributed by atoms with Gasteiger partial charge < -0.3 is 0 Å². The van der Waals surface area contributed by atoms with E-state index in [-0.39, 0.29) is 0 Å². The maximum absolute atomic E-state index is 12.9. The van der Waals surface area contributed by atoms with Crippen LogP contribution in [0.1, 0.15) is 0 Å². The predicted octanol–water partition coefficient (Wildman–Crippen LogP) is 5.66. The van der Waals surface area contributed by atoms with Gasteiger partial charge in [-0.1, -0.05) is 131 Å². The first kappa shape index (κ1) is 24.5. The molecule has 0 aliphatic heterocycles. The normalized spacial score (nSPS) is 11.6. The molecule has 2 N–H and O–H groups in total. The molecule has 4 aromatic carbocycles. The summed E-state index contributed by atoms with van der Waals surface area (Å²) >= 11 is 0. The summed E-state index contributed by atoms with van der Waals surface area (Å²) in [4.78, 5) is 6.34. The van der Waals surface area contributed by atoms with Crippen LogP contribution in [0.3, 0.4) is 0 Å². The third-order valence-electron chi connectivity index (χ3n) is 4.69. The summed E-state index contributed by atoms with van der Waals surface area (Å²) in [6.07, 6.45) is 0. The Balaban J connectivity index is 1.50. The first-order valence-corrected chi connectivity index (χ1v) is 15.7. The minimum Gasteiger partial charge on any atom is -0.0674 e. The first-order valence-electron chi connectivity index (χ1n) is 10.5. The van der Waals surface area contributed by atoms with Gasteiger partial charge in [-0.05, 0) is 30.3 Å². The first-order chi connectivity index (χ1) is 16.7. The molecule has 4 aromatic rings. The van der Waals surface area contributed by atoms with Crippen molar-refractivity contribution in [2.75, 3.05) is 0 Å². The molecule has 0 heterocycles. The maximum atomic E-state index is 12.9. The molecule has 8 heteroatoms. The van der Waals surface area contributed by atoms with E-state index in [0.29, 0.717) is 0 Å². The Morgan fingerprint density at radius 3 is 0.912 bits per heavy atom. The zero-order valence-electron chi connectivity index (χ0n) is 18.2. The van der Waals surface area contributed by atoms with Crippen molar-refractivity contribution in [1.82, 2.24) is 9.72 Å². The second-order valence-corrected chi connectivity index (χ2v) is 13.7. The van der Waals surface area contributed by atoms with Crippen LogP contribution in [0.2, 0.25) is 0 Å². The van der Waals surface area contributed by atoms with Crippen LogP contribution in [0.15, 0.2) is 121 Å². The topological polar surface area (TPSA) is 58.2 Å². The molecule has 0 saturated carbocycles. The standard InChI is InChI=1S/C26H22N2O2P4/c29-31(27-33(23-13-5-1-6-14-23)24-15-7-2-8-16-24)21-22-32(30)28-34(25-17-9-3-10-18-25)26-19-11-4-12-20-26/h1-20H,(H,27,29)(H,28,30)/q+2. The molecule has 2 atom stereocenters. The lowest BCUT2D eigenvalue weighted by Gasteiger charge is -2.13. The highest BCUT2D eigenvalue weighted by atomic mass is 31.2. The molecule has 0 aliphatic rings. The van der Waals surface area contributed by atoms with E-state index in [9.17, 15) is 9.13 Å². The van der Waals surface area contributed by atoms with Gasteiger partial charge in [0.15, 0.2) is 0 Å². The van der Waals surface area contributed by atoms with Gasteiger partial charge in [-0.3, -0.25) is 0 Å². The van der Waals surface area contributed by atoms with Crippen molar-refractivity contribution < 1.29 is 9.13 Å². The third-order valence-corrected chi connectivity index (χ3v) is 11.8. The van der Waals surface area contributed by atoms with E-state index < -0.39 is 32.0 Å². The van der Waals surface area contributed by atoms with E-state index in [2.05, 4.69) is 21.0 Å². The quantitative estimate of drug-likeness (QED) is 0.233. The van der Waals surface area contributed by atoms with E-state index >= 15 is 0 Å². The fourth-order valence-corrected chi connectivity index (χ4v) is 10.1. The number of hydrogen-bond acceptors (Lipinski definition) is 2. The zero-order valence-corrected chi connectivity index (χ0v) is 21.7. The second kappa shape index (κ2) is 12.8. The van der Waals surface area contributed by atoms with Crippen LogP contribution in [0.5, 0.6) is 0 Å². The lowest BCUT2D eigenvalue weighted by molar-refractivity contribution is 0.591. The highest BCUT2D eigenvalue weighted by Crippen LogP contribution is 2.38. The number of benzene rings is 4. The molecule has 0 amide bonds. The van der Waals surface area contributed by atoms with Crippen LogP contribution >= 0.6 is 32.0 Å². The highest BCUT2D eigenvalue weighted by molar-refractivity contribution is 7.79. The van der Waals surface area contributed by atoms with E-state index in [0.717, 1.165) is 21.2 Å². The summed E-state index contributed by atoms with van der Waals surface area (Å²) in [5, 5.41) is 4.20. The van der Waals surface area contributed by atoms with Crippen molar-refractivity contribution in [3.05, 3.63) is 121 Å². The van der Waals surface area contributed by atoms with E-state index in [1.54, 1.807) is 0 Å². The molecule has 0 fully saturated rings. The molecule has 0 bridgehead atoms. The van der Waals surface area contributed by atoms with Gasteiger partial charge in [-0.25, -0.2) is 0 Å². The lowest BCUT2D eigenvalue weighted by atomic mass is 10.4. The molecule has 0 radical (unpaired) electrons. The Morgan fingerprint density at radius 2 is 0.676 bits per heavy atom. The SMILES string of the molecule is O=[P+](C#C[P+](=O)NP(c1ccccc1)c1ccccc1)NP(c1ccccc1)c1ccccc1. The Bertz CT molecular complexity index is 1120. The van der Waals surface area contributed by atoms with E-state index in [4.69, 9.17) is 0 Å². The molecule has 0 aliphatic carbocycles. The summed E-state index contributed by atoms with van der Waals surface area (Å²) in [5.74, 6) is 0. The van der Waals surface area contributed by atoms with Crippen LogP contribution in [-0.2, 0) is 9.13 Å². The van der Waals surface area contributed by atoms with Crippen molar-refractivity contribution in [3.63, 3.8) is 0 Å². The summed E-state index contributed by atoms with van der Waals surface area (Å²) in [6.45, 7) is 0. The van der Waals surface area contributed by atoms with Crippen LogP contribution < -0.4 is 30.9 Å². The third kappa shape index (κ3) is 6.96. The Labute approximate surface area is 204 Å². The zero-order chi connectivity index (χ0) is 23.6. The summed E-state index contributed by atoms with van der Waals surface area (Å²) in [7, 11) is -6.28. The van der Waals surface area contributed by atoms with Gasteiger partial charge in [-0.15, -0.1) is 0 Å². The van der Waals surface area contributed by atoms with Gasteiger partial charge in [-0.2, -0.15) is 0 Å². The number of rotatable bonds is 8. The lowest BCUT2D eigenvalue weighted by Crippen LogP contribution is -2.19. The second-order valence-electron chi connectivity index (χ2n) is 7.03. The largest absolute Gasteiger partial charge is 0.533 e. The molecule has 0 saturated heterocycles. The molecule has 4 rings (SSSR count). The number of nitrogens with one attached hydrogen (secondary N) is 2. The van der Waals surface area contributed by atoms with Crippen molar-refractivity contribution in [3.8, 4) is 11.3 Å². The van der Waals surface area contributed by atoms with Gasteiger partial charge in [0, 0.05) is 0 Å². The van der Waals surface area contributed by atoms with Gasteiger partial charge >= 0.3 is 15.9 Å². The van der Waals surface area contributed by atoms with E-state index in [1.165, 1.54) is 0 Å². The Morgan fingerprint density at radius 1 is 0.441 bits per heavy atom. The van der Waals surface area contributed by atoms with Crippen LogP contribution in [0, 0.1) is 11.3 Å². The van der Waals surface area contributed by atoms with Crippen LogP contribution in [-0.4, -0.2) is 0 Å². The van der Waals surface area contributed by atoms with Gasteiger partial charge in [0.2, 0.25) is 0 Å². The average Bonchev–Trinajstić information content (AvgIpc) is 2.91. The van der Waals surface area contributed by atoms with Gasteiger partial charge in [0.05, 0.1) is 16.1 Å². The molecule has 4 nitrogen and oxygen atoms in total. The minimum atomic E-state index is -2.08. The van der Waals surface area contributed by atoms with Gasteiger partial charge in [0.25, 0.3) is 11.3 Å². The average molecular weight is 518 g/mol. The molecule has 2 unspecified atom stereocenters. The van der Waals surface area contributed by atoms with Crippen molar-refractivity contribution in [2.45, 2.75) is 0 Å². The summed E-state index contributed by atoms with van der Waals surface area (Å²) < 4.78 is 25.7. The smallest absolute Gasteiger partial charge is 0.0674 e. The fraction of sp³-hybridized carbons (Fsp3) is 0. The highest BCUT2D eigenvalue weighted by Gasteiger charge is 2.28. The number of hydrogen-bond donors (Lipinski definition) is 2. The molecule has 0 aromatic heterocycles. The molecular weight excluding hydrogens is 496 g/mol. The maximum Gasteiger partial charge on any atom is 0.533 e. The Kier molecular flexibility index (Phi) is 9.21. The summed E-state index contributed by atoms with van der Waals surface area (Å²) in [6, 6.07) is 39.6. The van der Waals surface area contributed by atoms with Crippen LogP contribution in [0.4, 0.5) is 0 Å². The van der Waals surface area contributed by atoms with E-state index in [1.807, 2.05) is 121 Å². The predicted molar refractivity (Wildman–Crippen MR) is 147 cm³/mol. The van der Waals surface area contributed by atoms with Crippen LogP contribution in [0.25, 0.3) is 0 Å². The van der Waals surface area contributed by atoms with Gasteiger partial charge in [0.1, 0.15) is 0 Å². The molecule has 166 valence electrons. The van der Waals surface area contributed by atoms with Crippen molar-refractivity contribution in [2.24, 2.45) is 0 Å². The molecular formula is C26H22N2O2P4+2.